The molecule has 0 aliphatic carbocycles. The van der Waals surface area contributed by atoms with Gasteiger partial charge in [-0.05, 0) is 23.1 Å². The molecule has 2 aromatic carbocycles. The van der Waals surface area contributed by atoms with Gasteiger partial charge >= 0.3 is 0 Å². The van der Waals surface area contributed by atoms with Crippen molar-refractivity contribution < 1.29 is 4.74 Å². The molecular formula is C16H17BrO. The van der Waals surface area contributed by atoms with Crippen molar-refractivity contribution in [1.29, 1.82) is 0 Å². The molecule has 0 aromatic heterocycles. The Morgan fingerprint density at radius 3 is 2.22 bits per heavy atom. The second-order valence-corrected chi connectivity index (χ2v) is 5.03. The molecule has 94 valence electrons. The Morgan fingerprint density at radius 2 is 1.44 bits per heavy atom. The van der Waals surface area contributed by atoms with Crippen LogP contribution in [-0.4, -0.2) is 5.33 Å². The molecule has 0 atom stereocenters. The molecule has 0 fully saturated rings. The predicted molar refractivity (Wildman–Crippen MR) is 78.9 cm³/mol. The zero-order chi connectivity index (χ0) is 12.6. The minimum atomic E-state index is 0.670. The van der Waals surface area contributed by atoms with E-state index in [1.165, 1.54) is 16.7 Å². The molecule has 0 spiro atoms. The van der Waals surface area contributed by atoms with Gasteiger partial charge < -0.3 is 4.74 Å². The van der Waals surface area contributed by atoms with Gasteiger partial charge in [-0.2, -0.15) is 0 Å². The number of aryl methyl sites for hydroxylation is 1. The number of ether oxygens (including phenoxy) is 1. The summed E-state index contributed by atoms with van der Waals surface area (Å²) in [4.78, 5) is 0. The van der Waals surface area contributed by atoms with Crippen molar-refractivity contribution in [2.75, 3.05) is 5.33 Å². The predicted octanol–water partition coefficient (Wildman–Crippen LogP) is 4.34. The molecule has 2 rings (SSSR count). The molecule has 0 aliphatic heterocycles. The lowest BCUT2D eigenvalue weighted by atomic mass is 10.1. The summed E-state index contributed by atoms with van der Waals surface area (Å²) in [5, 5.41) is 1.00. The minimum Gasteiger partial charge on any atom is -0.372 e. The zero-order valence-corrected chi connectivity index (χ0v) is 11.9. The third-order valence-electron chi connectivity index (χ3n) is 2.75. The molecule has 0 N–H and O–H groups in total. The first-order chi connectivity index (χ1) is 8.88. The molecule has 0 aliphatic rings. The van der Waals surface area contributed by atoms with Crippen molar-refractivity contribution in [3.05, 3.63) is 71.3 Å². The summed E-state index contributed by atoms with van der Waals surface area (Å²) in [5.41, 5.74) is 3.81. The first-order valence-electron chi connectivity index (χ1n) is 6.14. The molecule has 0 unspecified atom stereocenters. The fourth-order valence-electron chi connectivity index (χ4n) is 1.85. The standard InChI is InChI=1S/C16H17BrO/c17-10-9-14-7-4-8-16(11-14)13-18-12-15-5-2-1-3-6-15/h1-8,11H,9-10,12-13H2. The Bertz CT molecular complexity index is 468. The lowest BCUT2D eigenvalue weighted by Gasteiger charge is -2.06. The highest BCUT2D eigenvalue weighted by Gasteiger charge is 1.97. The van der Waals surface area contributed by atoms with Crippen molar-refractivity contribution in [3.8, 4) is 0 Å². The van der Waals surface area contributed by atoms with Gasteiger partial charge in [0.15, 0.2) is 0 Å². The van der Waals surface area contributed by atoms with Gasteiger partial charge in [-0.25, -0.2) is 0 Å². The van der Waals surface area contributed by atoms with E-state index in [0.717, 1.165) is 11.8 Å². The number of halogens is 1. The van der Waals surface area contributed by atoms with Gasteiger partial charge in [0, 0.05) is 5.33 Å². The van der Waals surface area contributed by atoms with E-state index in [4.69, 9.17) is 4.74 Å². The van der Waals surface area contributed by atoms with Gasteiger partial charge in [0.1, 0.15) is 0 Å². The lowest BCUT2D eigenvalue weighted by molar-refractivity contribution is 0.107. The van der Waals surface area contributed by atoms with Crippen LogP contribution in [0.2, 0.25) is 0 Å². The Kier molecular flexibility index (Phi) is 5.43. The highest BCUT2D eigenvalue weighted by Crippen LogP contribution is 2.10. The van der Waals surface area contributed by atoms with Gasteiger partial charge in [-0.1, -0.05) is 70.5 Å². The summed E-state index contributed by atoms with van der Waals surface area (Å²) in [7, 11) is 0. The van der Waals surface area contributed by atoms with E-state index in [2.05, 4.69) is 52.3 Å². The van der Waals surface area contributed by atoms with Crippen molar-refractivity contribution in [2.45, 2.75) is 19.6 Å². The Morgan fingerprint density at radius 1 is 0.778 bits per heavy atom. The number of hydrogen-bond donors (Lipinski definition) is 0. The molecule has 18 heavy (non-hydrogen) atoms. The normalized spacial score (nSPS) is 10.5. The average molecular weight is 305 g/mol. The molecule has 0 amide bonds. The van der Waals surface area contributed by atoms with E-state index in [0.29, 0.717) is 13.2 Å². The molecular weight excluding hydrogens is 288 g/mol. The summed E-state index contributed by atoms with van der Waals surface area (Å²) in [6.07, 6.45) is 1.06. The van der Waals surface area contributed by atoms with Crippen molar-refractivity contribution >= 4 is 15.9 Å². The summed E-state index contributed by atoms with van der Waals surface area (Å²) in [5.74, 6) is 0. The Hall–Kier alpha value is -1.12. The zero-order valence-electron chi connectivity index (χ0n) is 10.3. The van der Waals surface area contributed by atoms with Crippen LogP contribution >= 0.6 is 15.9 Å². The SMILES string of the molecule is BrCCc1cccc(COCc2ccccc2)c1. The maximum Gasteiger partial charge on any atom is 0.0721 e. The number of alkyl halides is 1. The summed E-state index contributed by atoms with van der Waals surface area (Å²) in [6.45, 7) is 1.34. The Balaban J connectivity index is 1.84. The average Bonchev–Trinajstić information content (AvgIpc) is 2.41. The van der Waals surface area contributed by atoms with Gasteiger partial charge in [0.05, 0.1) is 13.2 Å². The Labute approximate surface area is 117 Å². The van der Waals surface area contributed by atoms with Crippen LogP contribution in [0.25, 0.3) is 0 Å². The van der Waals surface area contributed by atoms with E-state index >= 15 is 0 Å². The molecule has 2 aromatic rings. The number of rotatable bonds is 6. The second kappa shape index (κ2) is 7.34. The van der Waals surface area contributed by atoms with E-state index < -0.39 is 0 Å². The van der Waals surface area contributed by atoms with E-state index in [1.807, 2.05) is 18.2 Å². The third-order valence-corrected chi connectivity index (χ3v) is 3.15. The number of benzene rings is 2. The van der Waals surface area contributed by atoms with Crippen molar-refractivity contribution in [1.82, 2.24) is 0 Å². The summed E-state index contributed by atoms with van der Waals surface area (Å²) < 4.78 is 5.73. The first kappa shape index (κ1) is 13.3. The van der Waals surface area contributed by atoms with Gasteiger partial charge in [0.25, 0.3) is 0 Å². The number of hydrogen-bond acceptors (Lipinski definition) is 1. The van der Waals surface area contributed by atoms with E-state index in [1.54, 1.807) is 0 Å². The van der Waals surface area contributed by atoms with Crippen LogP contribution in [0.5, 0.6) is 0 Å². The van der Waals surface area contributed by atoms with Gasteiger partial charge in [-0.3, -0.25) is 0 Å². The largest absolute Gasteiger partial charge is 0.372 e. The third kappa shape index (κ3) is 4.28. The molecule has 0 saturated heterocycles. The van der Waals surface area contributed by atoms with Crippen LogP contribution in [0.3, 0.4) is 0 Å². The second-order valence-electron chi connectivity index (χ2n) is 4.24. The summed E-state index contributed by atoms with van der Waals surface area (Å²) in [6, 6.07) is 18.8. The van der Waals surface area contributed by atoms with Crippen molar-refractivity contribution in [3.63, 3.8) is 0 Å². The highest BCUT2D eigenvalue weighted by molar-refractivity contribution is 9.09. The molecule has 1 nitrogen and oxygen atoms in total. The molecule has 0 radical (unpaired) electrons. The van der Waals surface area contributed by atoms with E-state index in [-0.39, 0.29) is 0 Å². The maximum atomic E-state index is 5.73. The van der Waals surface area contributed by atoms with Gasteiger partial charge in [0.2, 0.25) is 0 Å². The topological polar surface area (TPSA) is 9.23 Å². The maximum absolute atomic E-state index is 5.73. The molecule has 2 heteroatoms. The lowest BCUT2D eigenvalue weighted by Crippen LogP contribution is -1.95. The minimum absolute atomic E-state index is 0.670. The summed E-state index contributed by atoms with van der Waals surface area (Å²) >= 11 is 3.46. The van der Waals surface area contributed by atoms with Gasteiger partial charge in [-0.15, -0.1) is 0 Å². The van der Waals surface area contributed by atoms with Crippen LogP contribution < -0.4 is 0 Å². The fourth-order valence-corrected chi connectivity index (χ4v) is 2.30. The van der Waals surface area contributed by atoms with Crippen LogP contribution in [-0.2, 0) is 24.4 Å². The fraction of sp³-hybridized carbons (Fsp3) is 0.250. The van der Waals surface area contributed by atoms with Crippen LogP contribution in [0.4, 0.5) is 0 Å². The molecule has 0 heterocycles. The highest BCUT2D eigenvalue weighted by atomic mass is 79.9. The first-order valence-corrected chi connectivity index (χ1v) is 7.26. The smallest absolute Gasteiger partial charge is 0.0721 e. The van der Waals surface area contributed by atoms with Crippen LogP contribution in [0, 0.1) is 0 Å². The molecule has 0 saturated carbocycles. The van der Waals surface area contributed by atoms with Crippen LogP contribution in [0.15, 0.2) is 54.6 Å². The quantitative estimate of drug-likeness (QED) is 0.721. The van der Waals surface area contributed by atoms with Crippen molar-refractivity contribution in [2.24, 2.45) is 0 Å². The monoisotopic (exact) mass is 304 g/mol. The molecule has 0 bridgehead atoms. The van der Waals surface area contributed by atoms with E-state index in [9.17, 15) is 0 Å². The van der Waals surface area contributed by atoms with Crippen LogP contribution in [0.1, 0.15) is 16.7 Å².